The normalized spacial score (nSPS) is 12.3. The van der Waals surface area contributed by atoms with Gasteiger partial charge in [0.05, 0.1) is 5.56 Å². The number of carbonyl (C=O) groups excluding carboxylic acids is 3. The summed E-state index contributed by atoms with van der Waals surface area (Å²) in [5, 5.41) is 5.52. The zero-order valence-corrected chi connectivity index (χ0v) is 22.8. The van der Waals surface area contributed by atoms with E-state index in [2.05, 4.69) is 10.6 Å². The van der Waals surface area contributed by atoms with Crippen LogP contribution in [0.5, 0.6) is 0 Å². The fourth-order valence-corrected chi connectivity index (χ4v) is 3.61. The van der Waals surface area contributed by atoms with Crippen LogP contribution < -0.4 is 10.6 Å². The van der Waals surface area contributed by atoms with Gasteiger partial charge in [-0.3, -0.25) is 4.79 Å². The first kappa shape index (κ1) is 28.4. The molecule has 1 atom stereocenters. The molecule has 38 heavy (non-hydrogen) atoms. The fourth-order valence-electron chi connectivity index (χ4n) is 3.61. The SMILES string of the molecule is CC(C)(C)OC(=O)N[C@@H](Cc1ccc(-c2ccccc2)cc1)C(=O)Nc1ccc(C(=O)OC(C)(C)C)cc1. The average molecular weight is 517 g/mol. The number of benzene rings is 3. The van der Waals surface area contributed by atoms with Crippen LogP contribution in [0.4, 0.5) is 10.5 Å². The van der Waals surface area contributed by atoms with Crippen molar-refractivity contribution in [2.24, 2.45) is 0 Å². The van der Waals surface area contributed by atoms with Gasteiger partial charge in [0.1, 0.15) is 17.2 Å². The van der Waals surface area contributed by atoms with Crippen LogP contribution >= 0.6 is 0 Å². The topological polar surface area (TPSA) is 93.7 Å². The Morgan fingerprint density at radius 1 is 0.711 bits per heavy atom. The lowest BCUT2D eigenvalue weighted by atomic mass is 10.0. The Balaban J connectivity index is 1.74. The number of rotatable bonds is 7. The van der Waals surface area contributed by atoms with Crippen LogP contribution in [-0.4, -0.2) is 35.2 Å². The van der Waals surface area contributed by atoms with E-state index in [9.17, 15) is 14.4 Å². The van der Waals surface area contributed by atoms with E-state index in [1.54, 1.807) is 65.8 Å². The van der Waals surface area contributed by atoms with Crippen molar-refractivity contribution in [3.63, 3.8) is 0 Å². The Labute approximate surface area is 224 Å². The highest BCUT2D eigenvalue weighted by Crippen LogP contribution is 2.20. The van der Waals surface area contributed by atoms with Gasteiger partial charge in [0.15, 0.2) is 0 Å². The fraction of sp³-hybridized carbons (Fsp3) is 0.323. The van der Waals surface area contributed by atoms with Crippen LogP contribution in [-0.2, 0) is 20.7 Å². The summed E-state index contributed by atoms with van der Waals surface area (Å²) in [6.45, 7) is 10.7. The van der Waals surface area contributed by atoms with Crippen molar-refractivity contribution in [1.82, 2.24) is 5.32 Å². The Morgan fingerprint density at radius 3 is 1.82 bits per heavy atom. The van der Waals surface area contributed by atoms with Gasteiger partial charge >= 0.3 is 12.1 Å². The maximum absolute atomic E-state index is 13.2. The molecule has 3 aromatic carbocycles. The van der Waals surface area contributed by atoms with E-state index in [1.165, 1.54) is 0 Å². The van der Waals surface area contributed by atoms with Gasteiger partial charge in [0, 0.05) is 12.1 Å². The highest BCUT2D eigenvalue weighted by molar-refractivity contribution is 5.97. The molecule has 2 amide bonds. The van der Waals surface area contributed by atoms with E-state index in [1.807, 2.05) is 54.6 Å². The summed E-state index contributed by atoms with van der Waals surface area (Å²) in [5.74, 6) is -0.855. The molecule has 0 fully saturated rings. The molecule has 0 radical (unpaired) electrons. The van der Waals surface area contributed by atoms with Crippen LogP contribution in [0.1, 0.15) is 57.5 Å². The Bertz CT molecular complexity index is 1240. The van der Waals surface area contributed by atoms with E-state index < -0.39 is 35.2 Å². The lowest BCUT2D eigenvalue weighted by Gasteiger charge is -2.23. The number of hydrogen-bond acceptors (Lipinski definition) is 5. The van der Waals surface area contributed by atoms with E-state index in [-0.39, 0.29) is 6.42 Å². The van der Waals surface area contributed by atoms with Gasteiger partial charge in [-0.1, -0.05) is 54.6 Å². The lowest BCUT2D eigenvalue weighted by Crippen LogP contribution is -2.47. The van der Waals surface area contributed by atoms with Crippen LogP contribution in [0.3, 0.4) is 0 Å². The second kappa shape index (κ2) is 11.9. The van der Waals surface area contributed by atoms with Gasteiger partial charge in [-0.25, -0.2) is 9.59 Å². The number of alkyl carbamates (subject to hydrolysis) is 1. The molecule has 0 bridgehead atoms. The van der Waals surface area contributed by atoms with E-state index >= 15 is 0 Å². The number of ether oxygens (including phenoxy) is 2. The number of anilines is 1. The van der Waals surface area contributed by atoms with Crippen molar-refractivity contribution >= 4 is 23.7 Å². The average Bonchev–Trinajstić information content (AvgIpc) is 2.83. The van der Waals surface area contributed by atoms with Crippen molar-refractivity contribution in [2.45, 2.75) is 65.2 Å². The molecule has 3 rings (SSSR count). The van der Waals surface area contributed by atoms with Crippen molar-refractivity contribution in [1.29, 1.82) is 0 Å². The van der Waals surface area contributed by atoms with Gasteiger partial charge in [0.2, 0.25) is 5.91 Å². The van der Waals surface area contributed by atoms with Gasteiger partial charge in [-0.05, 0) is 82.5 Å². The molecule has 0 saturated heterocycles. The highest BCUT2D eigenvalue weighted by Gasteiger charge is 2.25. The zero-order chi connectivity index (χ0) is 27.9. The van der Waals surface area contributed by atoms with Crippen molar-refractivity contribution in [3.8, 4) is 11.1 Å². The van der Waals surface area contributed by atoms with Crippen LogP contribution in [0.2, 0.25) is 0 Å². The van der Waals surface area contributed by atoms with Gasteiger partial charge in [0.25, 0.3) is 0 Å². The predicted molar refractivity (Wildman–Crippen MR) is 149 cm³/mol. The monoisotopic (exact) mass is 516 g/mol. The molecule has 200 valence electrons. The van der Waals surface area contributed by atoms with E-state index in [0.717, 1.165) is 16.7 Å². The van der Waals surface area contributed by atoms with Gasteiger partial charge < -0.3 is 20.1 Å². The molecule has 7 nitrogen and oxygen atoms in total. The van der Waals surface area contributed by atoms with Gasteiger partial charge in [-0.15, -0.1) is 0 Å². The molecule has 0 saturated carbocycles. The van der Waals surface area contributed by atoms with Crippen molar-refractivity contribution < 1.29 is 23.9 Å². The summed E-state index contributed by atoms with van der Waals surface area (Å²) in [6.07, 6.45) is -0.422. The largest absolute Gasteiger partial charge is 0.456 e. The summed E-state index contributed by atoms with van der Waals surface area (Å²) in [6, 6.07) is 23.4. The minimum Gasteiger partial charge on any atom is -0.456 e. The minimum absolute atomic E-state index is 0.260. The molecule has 7 heteroatoms. The molecule has 0 aliphatic carbocycles. The molecule has 0 heterocycles. The number of amides is 2. The molecular weight excluding hydrogens is 480 g/mol. The van der Waals surface area contributed by atoms with Crippen LogP contribution in [0.15, 0.2) is 78.9 Å². The number of hydrogen-bond donors (Lipinski definition) is 2. The highest BCUT2D eigenvalue weighted by atomic mass is 16.6. The maximum Gasteiger partial charge on any atom is 0.408 e. The molecule has 3 aromatic rings. The molecule has 0 aliphatic rings. The zero-order valence-electron chi connectivity index (χ0n) is 22.8. The maximum atomic E-state index is 13.2. The Morgan fingerprint density at radius 2 is 1.26 bits per heavy atom. The van der Waals surface area contributed by atoms with E-state index in [4.69, 9.17) is 9.47 Å². The summed E-state index contributed by atoms with van der Waals surface area (Å²) < 4.78 is 10.8. The Kier molecular flexibility index (Phi) is 8.94. The second-order valence-corrected chi connectivity index (χ2v) is 11.0. The summed E-state index contributed by atoms with van der Waals surface area (Å²) >= 11 is 0. The summed E-state index contributed by atoms with van der Waals surface area (Å²) in [4.78, 5) is 38.0. The molecule has 2 N–H and O–H groups in total. The smallest absolute Gasteiger partial charge is 0.408 e. The molecule has 0 spiro atoms. The third-order valence-corrected chi connectivity index (χ3v) is 5.30. The molecule has 0 aromatic heterocycles. The summed E-state index contributed by atoms with van der Waals surface area (Å²) in [7, 11) is 0. The van der Waals surface area contributed by atoms with Crippen molar-refractivity contribution in [3.05, 3.63) is 90.0 Å². The predicted octanol–water partition coefficient (Wildman–Crippen LogP) is 6.38. The number of esters is 1. The third kappa shape index (κ3) is 9.07. The standard InChI is InChI=1S/C31H36N2O5/c1-30(2,3)37-28(35)24-16-18-25(19-17-24)32-27(34)26(33-29(36)38-31(4,5)6)20-21-12-14-23(15-13-21)22-10-8-7-9-11-22/h7-19,26H,20H2,1-6H3,(H,32,34)(H,33,36)/t26-/m0/s1. The third-order valence-electron chi connectivity index (χ3n) is 5.30. The first-order chi connectivity index (χ1) is 17.8. The van der Waals surface area contributed by atoms with Crippen LogP contribution in [0, 0.1) is 0 Å². The number of carbonyl (C=O) groups is 3. The lowest BCUT2D eigenvalue weighted by molar-refractivity contribution is -0.118. The van der Waals surface area contributed by atoms with E-state index in [0.29, 0.717) is 11.3 Å². The van der Waals surface area contributed by atoms with Crippen molar-refractivity contribution in [2.75, 3.05) is 5.32 Å². The molecule has 0 unspecified atom stereocenters. The number of nitrogens with one attached hydrogen (secondary N) is 2. The first-order valence-electron chi connectivity index (χ1n) is 12.6. The minimum atomic E-state index is -0.891. The molecular formula is C31H36N2O5. The Hall–Kier alpha value is -4.13. The quantitative estimate of drug-likeness (QED) is 0.355. The van der Waals surface area contributed by atoms with Gasteiger partial charge in [-0.2, -0.15) is 0 Å². The first-order valence-corrected chi connectivity index (χ1v) is 12.6. The second-order valence-electron chi connectivity index (χ2n) is 11.0. The molecule has 0 aliphatic heterocycles. The van der Waals surface area contributed by atoms with Crippen LogP contribution in [0.25, 0.3) is 11.1 Å². The summed E-state index contributed by atoms with van der Waals surface area (Å²) in [5.41, 5.74) is 2.57.